The Morgan fingerprint density at radius 3 is 1.38 bits per heavy atom. The molecule has 0 unspecified atom stereocenters. The molecule has 9 rings (SSSR count). The minimum Gasteiger partial charge on any atom is -0.307 e. The van der Waals surface area contributed by atoms with Crippen LogP contribution in [0.3, 0.4) is 0 Å². The Labute approximate surface area is 315 Å². The van der Waals surface area contributed by atoms with Crippen LogP contribution in [0.25, 0.3) is 60.9 Å². The van der Waals surface area contributed by atoms with Gasteiger partial charge in [-0.1, -0.05) is 121 Å². The maximum absolute atomic E-state index is 14.6. The van der Waals surface area contributed by atoms with Crippen LogP contribution in [0.1, 0.15) is 31.8 Å². The van der Waals surface area contributed by atoms with Crippen molar-refractivity contribution in [2.45, 2.75) is 12.4 Å². The summed E-state index contributed by atoms with van der Waals surface area (Å²) in [7, 11) is 0. The summed E-state index contributed by atoms with van der Waals surface area (Å²) in [4.78, 5) is 29.8. The molecule has 1 aromatic heterocycles. The zero-order chi connectivity index (χ0) is 38.9. The summed E-state index contributed by atoms with van der Waals surface area (Å²) < 4.78 is 89.2. The Hall–Kier alpha value is -6.94. The van der Waals surface area contributed by atoms with Crippen molar-refractivity contribution >= 4 is 39.3 Å². The van der Waals surface area contributed by atoms with E-state index in [1.54, 1.807) is 65.2 Å². The number of fused-ring (bicyclic) bond motifs is 4. The maximum Gasteiger partial charge on any atom is 0.417 e. The fourth-order valence-corrected chi connectivity index (χ4v) is 7.84. The minimum absolute atomic E-state index is 0.0379. The molecule has 8 aromatic rings. The highest BCUT2D eigenvalue weighted by atomic mass is 19.4. The number of carbonyl (C=O) groups excluding carboxylic acids is 2. The SMILES string of the molecule is O=C1c2cccc(-n3c4c(-c5ccccc5C(F)(F)F)cccc4c4cccc(-c5ccccc5C(F)(F)F)c43)c2C(=O)N1c1ccc(-c2ccccc2)cc1. The van der Waals surface area contributed by atoms with Crippen molar-refractivity contribution in [1.29, 1.82) is 0 Å². The second-order valence-corrected chi connectivity index (χ2v) is 13.4. The van der Waals surface area contributed by atoms with Crippen LogP contribution in [0.5, 0.6) is 0 Å². The van der Waals surface area contributed by atoms with Crippen molar-refractivity contribution in [2.24, 2.45) is 0 Å². The molecule has 0 atom stereocenters. The standard InChI is InChI=1S/C46H26F6N2O2/c47-45(48,49)37-20-6-4-13-30(37)32-15-8-17-34-35-18-9-16-33(31-14-5-7-21-38(31)46(50,51)52)42(35)54(41(32)34)39-22-10-19-36-40(39)44(56)53(43(36)55)29-25-23-28(24-26-29)27-11-2-1-3-12-27/h1-26H. The molecule has 1 aliphatic rings. The van der Waals surface area contributed by atoms with E-state index in [9.17, 15) is 35.9 Å². The zero-order valence-electron chi connectivity index (χ0n) is 29.0. The van der Waals surface area contributed by atoms with Gasteiger partial charge in [0.25, 0.3) is 11.8 Å². The van der Waals surface area contributed by atoms with Crippen molar-refractivity contribution in [3.63, 3.8) is 0 Å². The summed E-state index contributed by atoms with van der Waals surface area (Å²) in [5.41, 5.74) is 0.738. The van der Waals surface area contributed by atoms with Gasteiger partial charge in [-0.25, -0.2) is 4.90 Å². The maximum atomic E-state index is 14.6. The van der Waals surface area contributed by atoms with Gasteiger partial charge in [0.15, 0.2) is 0 Å². The molecule has 274 valence electrons. The first kappa shape index (κ1) is 34.8. The topological polar surface area (TPSA) is 42.3 Å². The van der Waals surface area contributed by atoms with Crippen LogP contribution in [0.4, 0.5) is 32.0 Å². The van der Waals surface area contributed by atoms with Crippen LogP contribution in [-0.2, 0) is 12.4 Å². The van der Waals surface area contributed by atoms with Crippen LogP contribution >= 0.6 is 0 Å². The molecular formula is C46H26F6N2O2. The van der Waals surface area contributed by atoms with Crippen LogP contribution in [0, 0.1) is 0 Å². The number of benzene rings is 7. The molecule has 0 N–H and O–H groups in total. The number of hydrogen-bond donors (Lipinski definition) is 0. The fraction of sp³-hybridized carbons (Fsp3) is 0.0435. The molecule has 0 spiro atoms. The summed E-state index contributed by atoms with van der Waals surface area (Å²) in [5, 5.41) is 0.868. The van der Waals surface area contributed by atoms with E-state index in [0.717, 1.165) is 28.2 Å². The predicted octanol–water partition coefficient (Wildman–Crippen LogP) is 12.6. The lowest BCUT2D eigenvalue weighted by molar-refractivity contribution is -0.137. The molecule has 56 heavy (non-hydrogen) atoms. The lowest BCUT2D eigenvalue weighted by Crippen LogP contribution is -2.29. The third-order valence-corrected chi connectivity index (χ3v) is 10.2. The zero-order valence-corrected chi connectivity index (χ0v) is 29.0. The molecule has 0 saturated carbocycles. The first-order valence-electron chi connectivity index (χ1n) is 17.5. The summed E-state index contributed by atoms with van der Waals surface area (Å²) >= 11 is 0. The van der Waals surface area contributed by atoms with Crippen molar-refractivity contribution in [2.75, 3.05) is 4.90 Å². The van der Waals surface area contributed by atoms with Crippen LogP contribution in [-0.4, -0.2) is 16.4 Å². The number of alkyl halides is 6. The number of anilines is 1. The lowest BCUT2D eigenvalue weighted by Gasteiger charge is -2.19. The van der Waals surface area contributed by atoms with Crippen LogP contribution in [0.2, 0.25) is 0 Å². The van der Waals surface area contributed by atoms with E-state index in [4.69, 9.17) is 0 Å². The highest BCUT2D eigenvalue weighted by molar-refractivity contribution is 6.36. The first-order chi connectivity index (χ1) is 26.9. The van der Waals surface area contributed by atoms with Gasteiger partial charge < -0.3 is 4.57 Å². The van der Waals surface area contributed by atoms with E-state index in [-0.39, 0.29) is 50.1 Å². The number of halogens is 6. The Kier molecular flexibility index (Phi) is 7.98. The van der Waals surface area contributed by atoms with Gasteiger partial charge in [-0.3, -0.25) is 9.59 Å². The summed E-state index contributed by atoms with van der Waals surface area (Å²) in [6.45, 7) is 0. The Balaban J connectivity index is 1.35. The molecule has 0 saturated heterocycles. The molecular weight excluding hydrogens is 727 g/mol. The highest BCUT2D eigenvalue weighted by Crippen LogP contribution is 2.47. The number of nitrogens with zero attached hydrogens (tertiary/aromatic N) is 2. The van der Waals surface area contributed by atoms with Gasteiger partial charge >= 0.3 is 12.4 Å². The molecule has 4 nitrogen and oxygen atoms in total. The molecule has 10 heteroatoms. The second-order valence-electron chi connectivity index (χ2n) is 13.4. The van der Waals surface area contributed by atoms with E-state index in [1.807, 2.05) is 30.3 Å². The molecule has 0 radical (unpaired) electrons. The number of carbonyl (C=O) groups is 2. The van der Waals surface area contributed by atoms with Gasteiger partial charge in [0.2, 0.25) is 0 Å². The Bertz CT molecular complexity index is 2760. The van der Waals surface area contributed by atoms with E-state index in [0.29, 0.717) is 16.5 Å². The number of aromatic nitrogens is 1. The van der Waals surface area contributed by atoms with Crippen molar-refractivity contribution in [3.05, 3.63) is 180 Å². The largest absolute Gasteiger partial charge is 0.417 e. The number of imide groups is 1. The van der Waals surface area contributed by atoms with Gasteiger partial charge in [-0.2, -0.15) is 26.3 Å². The number of para-hydroxylation sites is 2. The first-order valence-corrected chi connectivity index (χ1v) is 17.5. The molecule has 2 amide bonds. The van der Waals surface area contributed by atoms with E-state index in [1.165, 1.54) is 54.6 Å². The third kappa shape index (κ3) is 5.47. The number of amides is 2. The average molecular weight is 753 g/mol. The minimum atomic E-state index is -4.75. The molecule has 1 aliphatic heterocycles. The quantitative estimate of drug-likeness (QED) is 0.130. The Morgan fingerprint density at radius 1 is 0.393 bits per heavy atom. The number of hydrogen-bond acceptors (Lipinski definition) is 2. The van der Waals surface area contributed by atoms with Crippen LogP contribution < -0.4 is 4.90 Å². The van der Waals surface area contributed by atoms with E-state index >= 15 is 0 Å². The van der Waals surface area contributed by atoms with Crippen molar-refractivity contribution < 1.29 is 35.9 Å². The van der Waals surface area contributed by atoms with Gasteiger partial charge in [0.05, 0.1) is 44.7 Å². The van der Waals surface area contributed by atoms with Gasteiger partial charge in [-0.15, -0.1) is 0 Å². The van der Waals surface area contributed by atoms with Gasteiger partial charge in [0, 0.05) is 21.9 Å². The lowest BCUT2D eigenvalue weighted by atomic mass is 9.96. The normalized spacial score (nSPS) is 13.2. The molecule has 2 heterocycles. The molecule has 0 bridgehead atoms. The smallest absolute Gasteiger partial charge is 0.307 e. The Morgan fingerprint density at radius 2 is 0.839 bits per heavy atom. The van der Waals surface area contributed by atoms with Crippen LogP contribution in [0.15, 0.2) is 158 Å². The second kappa shape index (κ2) is 12.8. The third-order valence-electron chi connectivity index (χ3n) is 10.2. The van der Waals surface area contributed by atoms with Crippen molar-refractivity contribution in [3.8, 4) is 39.1 Å². The van der Waals surface area contributed by atoms with Gasteiger partial charge in [0.1, 0.15) is 0 Å². The predicted molar refractivity (Wildman–Crippen MR) is 205 cm³/mol. The van der Waals surface area contributed by atoms with E-state index in [2.05, 4.69) is 0 Å². The average Bonchev–Trinajstić information content (AvgIpc) is 3.68. The summed E-state index contributed by atoms with van der Waals surface area (Å²) in [6.07, 6.45) is -9.50. The van der Waals surface area contributed by atoms with Gasteiger partial charge in [-0.05, 0) is 58.7 Å². The molecule has 7 aromatic carbocycles. The summed E-state index contributed by atoms with van der Waals surface area (Å²) in [6, 6.07) is 40.7. The summed E-state index contributed by atoms with van der Waals surface area (Å²) in [5.74, 6) is -1.31. The fourth-order valence-electron chi connectivity index (χ4n) is 7.84. The molecule has 0 aliphatic carbocycles. The monoisotopic (exact) mass is 752 g/mol. The van der Waals surface area contributed by atoms with E-state index < -0.39 is 35.3 Å². The molecule has 0 fully saturated rings. The number of rotatable bonds is 5. The highest BCUT2D eigenvalue weighted by Gasteiger charge is 2.41. The van der Waals surface area contributed by atoms with Crippen molar-refractivity contribution in [1.82, 2.24) is 4.57 Å².